The first-order valence-electron chi connectivity index (χ1n) is 1.62. The van der Waals surface area contributed by atoms with E-state index >= 15 is 0 Å². The quantitative estimate of drug-likeness (QED) is 0.612. The molecule has 0 rings (SSSR count). The maximum atomic E-state index is 6.69. The van der Waals surface area contributed by atoms with Gasteiger partial charge in [-0.25, -0.2) is 0 Å². The zero-order chi connectivity index (χ0) is 4.28. The summed E-state index contributed by atoms with van der Waals surface area (Å²) in [5.74, 6) is 0. The van der Waals surface area contributed by atoms with E-state index in [0.29, 0.717) is 5.70 Å². The summed E-state index contributed by atoms with van der Waals surface area (Å²) in [5, 5.41) is 0. The summed E-state index contributed by atoms with van der Waals surface area (Å²) in [6.07, 6.45) is 1.75. The molecule has 0 saturated heterocycles. The molecule has 2 heteroatoms. The second-order valence-electron chi connectivity index (χ2n) is 0.972. The molecule has 1 nitrogen and oxygen atoms in total. The molecule has 0 amide bonds. The van der Waals surface area contributed by atoms with Gasteiger partial charge >= 0.3 is 0 Å². The first-order chi connectivity index (χ1) is 2.27. The Bertz CT molecular complexity index is 46.0. The molecular weight excluding hydrogens is 311 g/mol. The maximum absolute atomic E-state index is 6.69. The molecule has 1 radical (unpaired) electrons. The van der Waals surface area contributed by atoms with Gasteiger partial charge in [-0.1, -0.05) is 6.92 Å². The maximum Gasteiger partial charge on any atom is 0 e. The number of allylic oxidation sites excluding steroid dienone is 2. The summed E-state index contributed by atoms with van der Waals surface area (Å²) in [4.78, 5) is 0. The molecule has 0 aromatic heterocycles. The van der Waals surface area contributed by atoms with Gasteiger partial charge in [0.2, 0.25) is 0 Å². The van der Waals surface area contributed by atoms with Crippen LogP contribution in [0.25, 0.3) is 5.73 Å². The Morgan fingerprint density at radius 1 is 1.57 bits per heavy atom. The zero-order valence-corrected chi connectivity index (χ0v) is 8.75. The van der Waals surface area contributed by atoms with Crippen molar-refractivity contribution in [2.24, 2.45) is 0 Å². The van der Waals surface area contributed by atoms with Crippen LogP contribution in [0.4, 0.5) is 0 Å². The van der Waals surface area contributed by atoms with Crippen LogP contribution in [0.2, 0.25) is 0 Å². The molecule has 1 N–H and O–H groups in total. The Morgan fingerprint density at radius 3 is 1.71 bits per heavy atom. The average molecular weight is 322 g/mol. The summed E-state index contributed by atoms with van der Waals surface area (Å²) in [6, 6.07) is 0. The van der Waals surface area contributed by atoms with Crippen LogP contribution in [-0.2, 0) is 0 Å². The molecule has 0 saturated carbocycles. The van der Waals surface area contributed by atoms with Gasteiger partial charge in [-0.3, -0.25) is 0 Å². The van der Waals surface area contributed by atoms with Crippen molar-refractivity contribution >= 4 is 0 Å². The number of nitrogens with one attached hydrogen (secondary N) is 1. The van der Waals surface area contributed by atoms with E-state index < -0.39 is 0 Å². The van der Waals surface area contributed by atoms with Crippen LogP contribution in [0.5, 0.6) is 0 Å². The van der Waals surface area contributed by atoms with Crippen LogP contribution in [0, 0.1) is 37.4 Å². The third kappa shape index (κ3) is 20.8. The van der Waals surface area contributed by atoms with Gasteiger partial charge in [-0.15, -0.1) is 6.08 Å². The predicted molar refractivity (Wildman–Crippen MR) is 30.2 cm³/mol. The number of hydrogen-bond donors (Lipinski definition) is 0. The third-order valence-corrected chi connectivity index (χ3v) is 0.433. The van der Waals surface area contributed by atoms with Crippen molar-refractivity contribution in [1.29, 1.82) is 0 Å². The summed E-state index contributed by atoms with van der Waals surface area (Å²) < 4.78 is 0. The van der Waals surface area contributed by atoms with E-state index in [1.54, 1.807) is 13.0 Å². The largest absolute Gasteiger partial charge is 0.703 e. The van der Waals surface area contributed by atoms with Crippen LogP contribution in [0.15, 0.2) is 11.8 Å². The van der Waals surface area contributed by atoms with Gasteiger partial charge < -0.3 is 13.2 Å². The topological polar surface area (TPSA) is 23.8 Å². The smallest absolute Gasteiger partial charge is 0 e. The fourth-order valence-electron chi connectivity index (χ4n) is 0. The van der Waals surface area contributed by atoms with Crippen molar-refractivity contribution in [2.75, 3.05) is 0 Å². The molecule has 0 unspecified atom stereocenters. The molecule has 43 valence electrons. The summed E-state index contributed by atoms with van der Waals surface area (Å²) >= 11 is 0. The van der Waals surface area contributed by atoms with Gasteiger partial charge in [-0.05, 0) is 6.92 Å². The van der Waals surface area contributed by atoms with E-state index in [0.717, 1.165) is 0 Å². The second kappa shape index (κ2) is 9.75. The van der Waals surface area contributed by atoms with Gasteiger partial charge in [-0.2, -0.15) is 5.70 Å². The van der Waals surface area contributed by atoms with Crippen LogP contribution in [0.3, 0.4) is 0 Å². The zero-order valence-electron chi connectivity index (χ0n) is 5.02. The molecule has 0 spiro atoms. The van der Waals surface area contributed by atoms with Crippen LogP contribution >= 0.6 is 0 Å². The molecule has 0 aliphatic heterocycles. The predicted octanol–water partition coefficient (Wildman–Crippen LogP) is 2.41. The Morgan fingerprint density at radius 2 is 1.71 bits per heavy atom. The molecule has 0 aliphatic carbocycles. The van der Waals surface area contributed by atoms with E-state index in [-0.39, 0.29) is 37.4 Å². The molecule has 7 heavy (non-hydrogen) atoms. The molecule has 0 heterocycles. The van der Waals surface area contributed by atoms with Gasteiger partial charge in [0.05, 0.1) is 0 Å². The number of rotatable bonds is 0. The monoisotopic (exact) mass is 321 g/mol. The third-order valence-electron chi connectivity index (χ3n) is 0.433. The Kier molecular flexibility index (Phi) is 21.8. The van der Waals surface area contributed by atoms with Gasteiger partial charge in [0.15, 0.2) is 0 Å². The first kappa shape index (κ1) is 15.6. The number of hydrogen-bond acceptors (Lipinski definition) is 0. The Hall–Kier alpha value is 0.553. The van der Waals surface area contributed by atoms with Crippen LogP contribution in [-0.4, -0.2) is 0 Å². The molecule has 0 atom stereocenters. The Labute approximate surface area is 68.6 Å². The van der Waals surface area contributed by atoms with Crippen LogP contribution < -0.4 is 0 Å². The fourth-order valence-corrected chi connectivity index (χ4v) is 0. The van der Waals surface area contributed by atoms with Crippen LogP contribution in [0.1, 0.15) is 13.8 Å². The summed E-state index contributed by atoms with van der Waals surface area (Å²) in [6.45, 7) is 3.60. The Balaban J connectivity index is -0.0000000800. The van der Waals surface area contributed by atoms with E-state index in [2.05, 4.69) is 0 Å². The van der Waals surface area contributed by atoms with Crippen molar-refractivity contribution in [3.63, 3.8) is 0 Å². The van der Waals surface area contributed by atoms with E-state index in [9.17, 15) is 0 Å². The summed E-state index contributed by atoms with van der Waals surface area (Å²) in [7, 11) is 0. The van der Waals surface area contributed by atoms with E-state index in [4.69, 9.17) is 5.73 Å². The molecular formula is C5H11NNp-2. The molecule has 0 aliphatic rings. The molecule has 0 aromatic rings. The molecule has 0 bridgehead atoms. The van der Waals surface area contributed by atoms with E-state index in [1.165, 1.54) is 0 Å². The van der Waals surface area contributed by atoms with Gasteiger partial charge in [0.25, 0.3) is 0 Å². The van der Waals surface area contributed by atoms with Crippen molar-refractivity contribution in [3.8, 4) is 0 Å². The van der Waals surface area contributed by atoms with Gasteiger partial charge in [0.1, 0.15) is 0 Å². The SMILES string of the molecule is C/C=C(/C)[NH-].[CH3-].[Np]. The summed E-state index contributed by atoms with van der Waals surface area (Å²) in [5.41, 5.74) is 7.32. The van der Waals surface area contributed by atoms with Crippen molar-refractivity contribution < 1.29 is 29.9 Å². The van der Waals surface area contributed by atoms with Crippen molar-refractivity contribution in [3.05, 3.63) is 24.9 Å². The average Bonchev–Trinajstić information content (AvgIpc) is 1.38. The minimum Gasteiger partial charge on any atom is -0.703 e. The molecule has 0 fully saturated rings. The first-order valence-corrected chi connectivity index (χ1v) is 1.62. The van der Waals surface area contributed by atoms with Crippen molar-refractivity contribution in [2.45, 2.75) is 13.8 Å². The second-order valence-corrected chi connectivity index (χ2v) is 0.972. The molecule has 0 aromatic carbocycles. The minimum absolute atomic E-state index is 0. The fraction of sp³-hybridized carbons (Fsp3) is 0.400. The van der Waals surface area contributed by atoms with E-state index in [1.807, 2.05) is 6.92 Å². The standard InChI is InChI=1S/C4H8N.CH3.Np/c1-3-4(2)5;;/h3,5H,1-2H3;1H3;/q2*-1;/b4-3-;;. The van der Waals surface area contributed by atoms with Gasteiger partial charge in [0, 0.05) is 29.9 Å². The van der Waals surface area contributed by atoms with Crippen molar-refractivity contribution in [1.82, 2.24) is 0 Å². The minimum atomic E-state index is 0. The normalized spacial score (nSPS) is 8.57.